The minimum atomic E-state index is 0.927. The van der Waals surface area contributed by atoms with Crippen LogP contribution in [0.1, 0.15) is 0 Å². The molecule has 0 saturated heterocycles. The summed E-state index contributed by atoms with van der Waals surface area (Å²) in [6, 6.07) is 33.4. The van der Waals surface area contributed by atoms with Crippen molar-refractivity contribution in [3.8, 4) is 67.0 Å². The third-order valence-electron chi connectivity index (χ3n) is 7.21. The van der Waals surface area contributed by atoms with Gasteiger partial charge in [0.15, 0.2) is 0 Å². The molecule has 0 aliphatic carbocycles. The molecule has 0 unspecified atom stereocenters. The molecule has 42 heavy (non-hydrogen) atoms. The summed E-state index contributed by atoms with van der Waals surface area (Å²) in [5.41, 5.74) is 12.2. The molecule has 0 bridgehead atoms. The van der Waals surface area contributed by atoms with E-state index in [1.54, 1.807) is 12.7 Å². The molecule has 0 spiro atoms. The van der Waals surface area contributed by atoms with E-state index in [9.17, 15) is 0 Å². The van der Waals surface area contributed by atoms with Gasteiger partial charge in [-0.3, -0.25) is 9.97 Å². The summed E-state index contributed by atoms with van der Waals surface area (Å²) in [7, 11) is 0. The largest absolute Gasteiger partial charge is 0.256 e. The Morgan fingerprint density at radius 1 is 0.333 bits per heavy atom. The van der Waals surface area contributed by atoms with Crippen LogP contribution >= 0.6 is 0 Å². The van der Waals surface area contributed by atoms with Crippen LogP contribution in [0.25, 0.3) is 67.0 Å². The van der Waals surface area contributed by atoms with Crippen LogP contribution in [-0.4, -0.2) is 29.9 Å². The standard InChI is InChI=1S/C36H24N6/c1-3-15-41-35(5-1)27-11-7-25(8-12-27)31-17-32(26-9-13-28(14-10-26)36-6-2-4-16-42-36)34(30-21-39-24-40-22-30)18-33(31)29-19-37-23-38-20-29/h1-24H. The molecule has 0 atom stereocenters. The zero-order valence-corrected chi connectivity index (χ0v) is 22.5. The van der Waals surface area contributed by atoms with Gasteiger partial charge >= 0.3 is 0 Å². The van der Waals surface area contributed by atoms with E-state index < -0.39 is 0 Å². The Bertz CT molecular complexity index is 1790. The molecule has 0 amide bonds. The van der Waals surface area contributed by atoms with Crippen molar-refractivity contribution >= 4 is 0 Å². The van der Waals surface area contributed by atoms with Gasteiger partial charge in [0.25, 0.3) is 0 Å². The smallest absolute Gasteiger partial charge is 0.115 e. The maximum atomic E-state index is 4.51. The summed E-state index contributed by atoms with van der Waals surface area (Å²) in [5.74, 6) is 0. The van der Waals surface area contributed by atoms with Gasteiger partial charge in [-0.2, -0.15) is 0 Å². The molecule has 7 aromatic rings. The predicted molar refractivity (Wildman–Crippen MR) is 166 cm³/mol. The fourth-order valence-corrected chi connectivity index (χ4v) is 5.14. The number of pyridine rings is 2. The molecule has 3 aromatic carbocycles. The average Bonchev–Trinajstić information content (AvgIpc) is 3.09. The van der Waals surface area contributed by atoms with Crippen molar-refractivity contribution in [1.29, 1.82) is 0 Å². The fourth-order valence-electron chi connectivity index (χ4n) is 5.14. The van der Waals surface area contributed by atoms with E-state index in [1.165, 1.54) is 0 Å². The summed E-state index contributed by atoms with van der Waals surface area (Å²) in [6.07, 6.45) is 14.1. The number of hydrogen-bond acceptors (Lipinski definition) is 6. The second-order valence-corrected chi connectivity index (χ2v) is 9.78. The molecule has 0 aliphatic rings. The van der Waals surface area contributed by atoms with E-state index >= 15 is 0 Å². The second kappa shape index (κ2) is 11.3. The van der Waals surface area contributed by atoms with Gasteiger partial charge in [-0.05, 0) is 69.8 Å². The Balaban J connectivity index is 1.42. The van der Waals surface area contributed by atoms with Crippen molar-refractivity contribution in [3.63, 3.8) is 0 Å². The zero-order valence-electron chi connectivity index (χ0n) is 22.5. The van der Waals surface area contributed by atoms with Gasteiger partial charge in [0, 0.05) is 59.4 Å². The van der Waals surface area contributed by atoms with Gasteiger partial charge in [-0.1, -0.05) is 60.7 Å². The lowest BCUT2D eigenvalue weighted by Gasteiger charge is -2.18. The Labute approximate surface area is 243 Å². The van der Waals surface area contributed by atoms with Crippen molar-refractivity contribution in [1.82, 2.24) is 29.9 Å². The van der Waals surface area contributed by atoms with E-state index in [0.29, 0.717) is 0 Å². The first-order valence-corrected chi connectivity index (χ1v) is 13.6. The normalized spacial score (nSPS) is 10.9. The zero-order chi connectivity index (χ0) is 28.1. The van der Waals surface area contributed by atoms with E-state index in [4.69, 9.17) is 0 Å². The lowest BCUT2D eigenvalue weighted by molar-refractivity contribution is 1.17. The van der Waals surface area contributed by atoms with Crippen molar-refractivity contribution < 1.29 is 0 Å². The van der Waals surface area contributed by atoms with Crippen LogP contribution < -0.4 is 0 Å². The summed E-state index contributed by atoms with van der Waals surface area (Å²) >= 11 is 0. The summed E-state index contributed by atoms with van der Waals surface area (Å²) < 4.78 is 0. The van der Waals surface area contributed by atoms with Crippen molar-refractivity contribution in [3.05, 3.63) is 147 Å². The van der Waals surface area contributed by atoms with Crippen LogP contribution in [0.4, 0.5) is 0 Å². The van der Waals surface area contributed by atoms with Crippen LogP contribution in [0.3, 0.4) is 0 Å². The minimum Gasteiger partial charge on any atom is -0.256 e. The van der Waals surface area contributed by atoms with E-state index in [-0.39, 0.29) is 0 Å². The molecule has 0 radical (unpaired) electrons. The predicted octanol–water partition coefficient (Wildman–Crippen LogP) is 8.06. The van der Waals surface area contributed by atoms with E-state index in [2.05, 4.69) is 90.6 Å². The molecule has 0 N–H and O–H groups in total. The number of rotatable bonds is 6. The number of nitrogens with zero attached hydrogens (tertiary/aromatic N) is 6. The van der Waals surface area contributed by atoms with Crippen molar-refractivity contribution in [2.24, 2.45) is 0 Å². The molecule has 0 aliphatic heterocycles. The molecule has 0 fully saturated rings. The third kappa shape index (κ3) is 5.05. The van der Waals surface area contributed by atoms with E-state index in [0.717, 1.165) is 67.0 Å². The van der Waals surface area contributed by atoms with Crippen LogP contribution in [0, 0.1) is 0 Å². The monoisotopic (exact) mass is 540 g/mol. The summed E-state index contributed by atoms with van der Waals surface area (Å²) in [6.45, 7) is 0. The molecule has 6 nitrogen and oxygen atoms in total. The molecule has 7 rings (SSSR count). The Morgan fingerprint density at radius 2 is 0.690 bits per heavy atom. The summed E-state index contributed by atoms with van der Waals surface area (Å²) in [4.78, 5) is 26.3. The van der Waals surface area contributed by atoms with Crippen LogP contribution in [0.15, 0.2) is 147 Å². The number of aromatic nitrogens is 6. The molecular formula is C36H24N6. The van der Waals surface area contributed by atoms with Gasteiger partial charge in [0.2, 0.25) is 0 Å². The highest BCUT2D eigenvalue weighted by Crippen LogP contribution is 2.42. The highest BCUT2D eigenvalue weighted by molar-refractivity contribution is 5.95. The van der Waals surface area contributed by atoms with Crippen molar-refractivity contribution in [2.75, 3.05) is 0 Å². The SMILES string of the molecule is c1ccc(-c2ccc(-c3cc(-c4ccc(-c5ccccn5)cc4)c(-c4cncnc4)cc3-c3cncnc3)cc2)nc1. The third-order valence-corrected chi connectivity index (χ3v) is 7.21. The summed E-state index contributed by atoms with van der Waals surface area (Å²) in [5, 5.41) is 0. The lowest BCUT2D eigenvalue weighted by Crippen LogP contribution is -1.94. The molecule has 4 heterocycles. The Hall–Kier alpha value is -5.88. The van der Waals surface area contributed by atoms with Crippen LogP contribution in [0.5, 0.6) is 0 Å². The average molecular weight is 541 g/mol. The van der Waals surface area contributed by atoms with Crippen molar-refractivity contribution in [2.45, 2.75) is 0 Å². The van der Waals surface area contributed by atoms with E-state index in [1.807, 2.05) is 73.6 Å². The highest BCUT2D eigenvalue weighted by atomic mass is 14.8. The molecule has 6 heteroatoms. The van der Waals surface area contributed by atoms with Gasteiger partial charge < -0.3 is 0 Å². The number of benzene rings is 3. The minimum absolute atomic E-state index is 0.927. The first kappa shape index (κ1) is 25.1. The first-order chi connectivity index (χ1) is 20.8. The molecule has 0 saturated carbocycles. The Kier molecular flexibility index (Phi) is 6.76. The van der Waals surface area contributed by atoms with Gasteiger partial charge in [0.05, 0.1) is 11.4 Å². The fraction of sp³-hybridized carbons (Fsp3) is 0. The number of hydrogen-bond donors (Lipinski definition) is 0. The van der Waals surface area contributed by atoms with Crippen LogP contribution in [-0.2, 0) is 0 Å². The topological polar surface area (TPSA) is 77.3 Å². The molecule has 4 aromatic heterocycles. The van der Waals surface area contributed by atoms with Gasteiger partial charge in [-0.15, -0.1) is 0 Å². The lowest BCUT2D eigenvalue weighted by atomic mass is 9.86. The van der Waals surface area contributed by atoms with Gasteiger partial charge in [0.1, 0.15) is 12.7 Å². The van der Waals surface area contributed by atoms with Crippen LogP contribution in [0.2, 0.25) is 0 Å². The maximum Gasteiger partial charge on any atom is 0.115 e. The quantitative estimate of drug-likeness (QED) is 0.212. The molecule has 198 valence electrons. The van der Waals surface area contributed by atoms with Gasteiger partial charge in [-0.25, -0.2) is 19.9 Å². The Morgan fingerprint density at radius 3 is 1.05 bits per heavy atom. The first-order valence-electron chi connectivity index (χ1n) is 13.6. The molecular weight excluding hydrogens is 516 g/mol. The maximum absolute atomic E-state index is 4.51. The second-order valence-electron chi connectivity index (χ2n) is 9.78. The highest BCUT2D eigenvalue weighted by Gasteiger charge is 2.17.